The summed E-state index contributed by atoms with van der Waals surface area (Å²) in [5.41, 5.74) is 6.83. The number of likely N-dealkylation sites (N-methyl/N-ethyl adjacent to an activating group) is 1. The van der Waals surface area contributed by atoms with Crippen LogP contribution < -0.4 is 10.6 Å². The summed E-state index contributed by atoms with van der Waals surface area (Å²) in [7, 11) is 1.83. The Hall–Kier alpha value is -1.26. The van der Waals surface area contributed by atoms with Gasteiger partial charge in [0.1, 0.15) is 5.84 Å². The smallest absolute Gasteiger partial charge is 0.124 e. The maximum Gasteiger partial charge on any atom is 0.124 e. The average Bonchev–Trinajstić information content (AvgIpc) is 2.17. The molecule has 0 saturated carbocycles. The van der Waals surface area contributed by atoms with Gasteiger partial charge in [-0.3, -0.25) is 5.41 Å². The second-order valence-corrected chi connectivity index (χ2v) is 3.66. The fourth-order valence-electron chi connectivity index (χ4n) is 1.33. The quantitative estimate of drug-likeness (QED) is 0.532. The Morgan fingerprint density at radius 1 is 1.60 bits per heavy atom. The lowest BCUT2D eigenvalue weighted by Crippen LogP contribution is -2.25. The number of nitrogens with two attached hydrogens (primary N) is 1. The number of hydrogen-bond donors (Lipinski definition) is 3. The first-order chi connectivity index (χ1) is 7.06. The molecule has 0 saturated heterocycles. The number of aliphatic hydroxyl groups is 1. The maximum atomic E-state index is 8.83. The third-order valence-electron chi connectivity index (χ3n) is 2.10. The number of halogens is 1. The van der Waals surface area contributed by atoms with Crippen LogP contribution in [-0.4, -0.2) is 31.1 Å². The lowest BCUT2D eigenvalue weighted by molar-refractivity contribution is 0.304. The molecule has 5 heteroatoms. The van der Waals surface area contributed by atoms with Crippen molar-refractivity contribution < 1.29 is 5.11 Å². The Morgan fingerprint density at radius 3 is 2.80 bits per heavy atom. The largest absolute Gasteiger partial charge is 0.395 e. The molecule has 0 unspecified atom stereocenters. The fourth-order valence-corrected chi connectivity index (χ4v) is 1.50. The van der Waals surface area contributed by atoms with Crippen LogP contribution in [0.5, 0.6) is 0 Å². The molecule has 82 valence electrons. The summed E-state index contributed by atoms with van der Waals surface area (Å²) >= 11 is 5.82. The highest BCUT2D eigenvalue weighted by molar-refractivity contribution is 6.31. The number of nitrogen functional groups attached to an aromatic ring is 1. The van der Waals surface area contributed by atoms with E-state index >= 15 is 0 Å². The molecular weight excluding hydrogens is 214 g/mol. The van der Waals surface area contributed by atoms with Crippen LogP contribution in [0.2, 0.25) is 5.02 Å². The molecule has 4 N–H and O–H groups in total. The topological polar surface area (TPSA) is 73.3 Å². The van der Waals surface area contributed by atoms with Crippen molar-refractivity contribution in [2.75, 3.05) is 25.1 Å². The van der Waals surface area contributed by atoms with Crippen molar-refractivity contribution >= 4 is 23.1 Å². The Morgan fingerprint density at radius 2 is 2.27 bits per heavy atom. The normalized spacial score (nSPS) is 10.1. The highest BCUT2D eigenvalue weighted by atomic mass is 35.5. The number of benzene rings is 1. The molecule has 0 aromatic heterocycles. The summed E-state index contributed by atoms with van der Waals surface area (Å²) in [4.78, 5) is 1.83. The monoisotopic (exact) mass is 227 g/mol. The Balaban J connectivity index is 3.10. The van der Waals surface area contributed by atoms with E-state index in [9.17, 15) is 0 Å². The van der Waals surface area contributed by atoms with Crippen LogP contribution in [-0.2, 0) is 0 Å². The molecule has 0 amide bonds. The van der Waals surface area contributed by atoms with Crippen LogP contribution in [0.1, 0.15) is 5.56 Å². The number of rotatable bonds is 4. The third-order valence-corrected chi connectivity index (χ3v) is 2.33. The van der Waals surface area contributed by atoms with Crippen molar-refractivity contribution in [1.82, 2.24) is 0 Å². The molecule has 4 nitrogen and oxygen atoms in total. The molecule has 0 spiro atoms. The van der Waals surface area contributed by atoms with Crippen LogP contribution >= 0.6 is 11.6 Å². The zero-order chi connectivity index (χ0) is 11.4. The average molecular weight is 228 g/mol. The van der Waals surface area contributed by atoms with E-state index in [4.69, 9.17) is 27.9 Å². The van der Waals surface area contributed by atoms with E-state index in [0.717, 1.165) is 5.69 Å². The SMILES string of the molecule is CN(CCO)c1ccc(Cl)cc1C(=N)N. The van der Waals surface area contributed by atoms with Crippen LogP contribution in [0, 0.1) is 5.41 Å². The highest BCUT2D eigenvalue weighted by Gasteiger charge is 2.09. The van der Waals surface area contributed by atoms with Crippen molar-refractivity contribution in [3.63, 3.8) is 0 Å². The van der Waals surface area contributed by atoms with Gasteiger partial charge in [0.25, 0.3) is 0 Å². The van der Waals surface area contributed by atoms with Crippen LogP contribution in [0.15, 0.2) is 18.2 Å². The maximum absolute atomic E-state index is 8.83. The van der Waals surface area contributed by atoms with Gasteiger partial charge in [-0.25, -0.2) is 0 Å². The lowest BCUT2D eigenvalue weighted by Gasteiger charge is -2.21. The second kappa shape index (κ2) is 5.00. The molecule has 0 aliphatic carbocycles. The van der Waals surface area contributed by atoms with Crippen molar-refractivity contribution in [1.29, 1.82) is 5.41 Å². The van der Waals surface area contributed by atoms with E-state index in [1.165, 1.54) is 0 Å². The highest BCUT2D eigenvalue weighted by Crippen LogP contribution is 2.22. The van der Waals surface area contributed by atoms with Gasteiger partial charge in [-0.1, -0.05) is 11.6 Å². The van der Waals surface area contributed by atoms with E-state index < -0.39 is 0 Å². The number of nitrogens with one attached hydrogen (secondary N) is 1. The first kappa shape index (κ1) is 11.8. The molecule has 0 aliphatic rings. The van der Waals surface area contributed by atoms with Crippen molar-refractivity contribution in [3.05, 3.63) is 28.8 Å². The van der Waals surface area contributed by atoms with E-state index in [-0.39, 0.29) is 12.4 Å². The number of aliphatic hydroxyl groups excluding tert-OH is 1. The van der Waals surface area contributed by atoms with E-state index in [0.29, 0.717) is 17.1 Å². The van der Waals surface area contributed by atoms with Crippen LogP contribution in [0.4, 0.5) is 5.69 Å². The zero-order valence-electron chi connectivity index (χ0n) is 8.50. The standard InChI is InChI=1S/C10H14ClN3O/c1-14(4-5-15)9-3-2-7(11)6-8(9)10(12)13/h2-3,6,15H,4-5H2,1H3,(H3,12,13). The molecular formula is C10H14ClN3O. The minimum atomic E-state index is -0.0303. The Labute approximate surface area is 93.8 Å². The van der Waals surface area contributed by atoms with E-state index in [2.05, 4.69) is 0 Å². The number of anilines is 1. The third kappa shape index (κ3) is 2.84. The predicted octanol–water partition coefficient (Wildman–Crippen LogP) is 1.05. The summed E-state index contributed by atoms with van der Waals surface area (Å²) in [6.07, 6.45) is 0. The zero-order valence-corrected chi connectivity index (χ0v) is 9.25. The minimum absolute atomic E-state index is 0.0303. The van der Waals surface area contributed by atoms with Gasteiger partial charge in [0.15, 0.2) is 0 Å². The molecule has 0 bridgehead atoms. The van der Waals surface area contributed by atoms with Gasteiger partial charge in [0.05, 0.1) is 6.61 Å². The second-order valence-electron chi connectivity index (χ2n) is 3.22. The first-order valence-corrected chi connectivity index (χ1v) is 4.90. The minimum Gasteiger partial charge on any atom is -0.395 e. The molecule has 0 fully saturated rings. The summed E-state index contributed by atoms with van der Waals surface area (Å²) < 4.78 is 0. The van der Waals surface area contributed by atoms with E-state index in [1.807, 2.05) is 11.9 Å². The van der Waals surface area contributed by atoms with Crippen molar-refractivity contribution in [2.24, 2.45) is 5.73 Å². The van der Waals surface area contributed by atoms with Gasteiger partial charge >= 0.3 is 0 Å². The molecule has 0 heterocycles. The Kier molecular flexibility index (Phi) is 3.94. The molecule has 0 atom stereocenters. The van der Waals surface area contributed by atoms with Crippen LogP contribution in [0.3, 0.4) is 0 Å². The van der Waals surface area contributed by atoms with Crippen molar-refractivity contribution in [3.8, 4) is 0 Å². The van der Waals surface area contributed by atoms with Crippen LogP contribution in [0.25, 0.3) is 0 Å². The van der Waals surface area contributed by atoms with Gasteiger partial charge < -0.3 is 15.7 Å². The van der Waals surface area contributed by atoms with E-state index in [1.54, 1.807) is 18.2 Å². The number of nitrogens with zero attached hydrogens (tertiary/aromatic N) is 1. The van der Waals surface area contributed by atoms with Gasteiger partial charge in [-0.05, 0) is 18.2 Å². The van der Waals surface area contributed by atoms with Gasteiger partial charge in [-0.2, -0.15) is 0 Å². The molecule has 15 heavy (non-hydrogen) atoms. The summed E-state index contributed by atoms with van der Waals surface area (Å²) in [6, 6.07) is 5.17. The summed E-state index contributed by atoms with van der Waals surface area (Å²) in [6.45, 7) is 0.540. The lowest BCUT2D eigenvalue weighted by atomic mass is 10.1. The molecule has 1 aromatic carbocycles. The number of hydrogen-bond acceptors (Lipinski definition) is 3. The summed E-state index contributed by atoms with van der Waals surface area (Å²) in [5.74, 6) is -0.0303. The Bertz CT molecular complexity index is 368. The molecule has 0 aliphatic heterocycles. The van der Waals surface area contributed by atoms with Crippen molar-refractivity contribution in [2.45, 2.75) is 0 Å². The fraction of sp³-hybridized carbons (Fsp3) is 0.300. The first-order valence-electron chi connectivity index (χ1n) is 4.52. The van der Waals surface area contributed by atoms with Gasteiger partial charge in [0.2, 0.25) is 0 Å². The molecule has 1 aromatic rings. The summed E-state index contributed by atoms with van der Waals surface area (Å²) in [5, 5.41) is 16.8. The predicted molar refractivity (Wildman–Crippen MR) is 62.8 cm³/mol. The van der Waals surface area contributed by atoms with Gasteiger partial charge in [0, 0.05) is 29.9 Å². The molecule has 1 rings (SSSR count). The molecule has 0 radical (unpaired) electrons. The number of amidine groups is 1. The van der Waals surface area contributed by atoms with Gasteiger partial charge in [-0.15, -0.1) is 0 Å².